The van der Waals surface area contributed by atoms with Crippen molar-refractivity contribution in [2.75, 3.05) is 6.61 Å². The summed E-state index contributed by atoms with van der Waals surface area (Å²) < 4.78 is 10.6. The van der Waals surface area contributed by atoms with E-state index in [0.29, 0.717) is 4.67 Å². The van der Waals surface area contributed by atoms with E-state index in [9.17, 15) is 9.59 Å². The molecule has 4 saturated carbocycles. The number of furan rings is 1. The second-order valence-electron chi connectivity index (χ2n) is 8.25. The van der Waals surface area contributed by atoms with E-state index in [4.69, 9.17) is 9.15 Å². The van der Waals surface area contributed by atoms with Crippen LogP contribution < -0.4 is 5.32 Å². The Hall–Kier alpha value is -1.30. The molecule has 4 aliphatic rings. The van der Waals surface area contributed by atoms with E-state index >= 15 is 0 Å². The molecule has 0 spiro atoms. The van der Waals surface area contributed by atoms with Crippen molar-refractivity contribution in [1.29, 1.82) is 0 Å². The van der Waals surface area contributed by atoms with Gasteiger partial charge in [0.15, 0.2) is 11.3 Å². The molecule has 1 aromatic rings. The van der Waals surface area contributed by atoms with E-state index in [1.54, 1.807) is 6.07 Å². The fourth-order valence-corrected chi connectivity index (χ4v) is 6.08. The zero-order valence-electron chi connectivity index (χ0n) is 14.4. The molecular formula is C19H24BrNO4. The SMILES string of the molecule is CC(NC(=O)COC(=O)c1ccc(Br)o1)C12CC3CC(CC(C3)C1)C2. The van der Waals surface area contributed by atoms with E-state index in [1.807, 2.05) is 0 Å². The molecule has 6 heteroatoms. The zero-order chi connectivity index (χ0) is 17.6. The third-order valence-corrected chi connectivity index (χ3v) is 6.92. The topological polar surface area (TPSA) is 68.5 Å². The van der Waals surface area contributed by atoms with Gasteiger partial charge in [0.2, 0.25) is 5.76 Å². The average molecular weight is 410 g/mol. The van der Waals surface area contributed by atoms with Crippen molar-refractivity contribution >= 4 is 27.8 Å². The molecule has 4 bridgehead atoms. The van der Waals surface area contributed by atoms with Crippen LogP contribution in [0.5, 0.6) is 0 Å². The van der Waals surface area contributed by atoms with Crippen LogP contribution in [0.4, 0.5) is 0 Å². The van der Waals surface area contributed by atoms with Crippen LogP contribution in [-0.4, -0.2) is 24.5 Å². The Kier molecular flexibility index (Phi) is 4.42. The van der Waals surface area contributed by atoms with Gasteiger partial charge in [0.1, 0.15) is 0 Å². The van der Waals surface area contributed by atoms with Crippen LogP contribution in [0.3, 0.4) is 0 Å². The van der Waals surface area contributed by atoms with Crippen LogP contribution >= 0.6 is 15.9 Å². The number of rotatable bonds is 5. The molecule has 4 aliphatic carbocycles. The first-order chi connectivity index (χ1) is 11.9. The highest BCUT2D eigenvalue weighted by Gasteiger charge is 2.53. The lowest BCUT2D eigenvalue weighted by Gasteiger charge is -2.59. The largest absolute Gasteiger partial charge is 0.450 e. The molecule has 1 atom stereocenters. The minimum atomic E-state index is -0.622. The van der Waals surface area contributed by atoms with Gasteiger partial charge in [-0.15, -0.1) is 0 Å². The van der Waals surface area contributed by atoms with Crippen LogP contribution in [0.25, 0.3) is 0 Å². The first kappa shape index (κ1) is 17.1. The quantitative estimate of drug-likeness (QED) is 0.748. The Bertz CT molecular complexity index is 647. The minimum Gasteiger partial charge on any atom is -0.450 e. The van der Waals surface area contributed by atoms with Crippen molar-refractivity contribution in [3.63, 3.8) is 0 Å². The first-order valence-electron chi connectivity index (χ1n) is 9.15. The average Bonchev–Trinajstić information content (AvgIpc) is 2.98. The summed E-state index contributed by atoms with van der Waals surface area (Å²) in [6.07, 6.45) is 7.87. The molecule has 4 fully saturated rings. The summed E-state index contributed by atoms with van der Waals surface area (Å²) in [5.41, 5.74) is 0.250. The molecule has 1 amide bonds. The van der Waals surface area contributed by atoms with Crippen molar-refractivity contribution in [3.8, 4) is 0 Å². The molecule has 0 aromatic carbocycles. The molecule has 1 aromatic heterocycles. The van der Waals surface area contributed by atoms with Crippen molar-refractivity contribution in [1.82, 2.24) is 5.32 Å². The Balaban J connectivity index is 1.31. The fraction of sp³-hybridized carbons (Fsp3) is 0.684. The second-order valence-corrected chi connectivity index (χ2v) is 9.03. The minimum absolute atomic E-state index is 0.0915. The predicted molar refractivity (Wildman–Crippen MR) is 94.9 cm³/mol. The first-order valence-corrected chi connectivity index (χ1v) is 9.95. The van der Waals surface area contributed by atoms with Gasteiger partial charge in [-0.1, -0.05) is 0 Å². The molecule has 136 valence electrons. The van der Waals surface area contributed by atoms with Crippen LogP contribution in [0, 0.1) is 23.2 Å². The lowest BCUT2D eigenvalue weighted by atomic mass is 9.48. The number of hydrogen-bond acceptors (Lipinski definition) is 4. The number of hydrogen-bond donors (Lipinski definition) is 1. The molecule has 1 unspecified atom stereocenters. The van der Waals surface area contributed by atoms with Gasteiger partial charge in [-0.25, -0.2) is 4.79 Å². The summed E-state index contributed by atoms with van der Waals surface area (Å²) in [6, 6.07) is 3.26. The Morgan fingerprint density at radius 1 is 1.24 bits per heavy atom. The predicted octanol–water partition coefficient (Wildman–Crippen LogP) is 3.92. The molecule has 1 N–H and O–H groups in total. The second kappa shape index (κ2) is 6.45. The smallest absolute Gasteiger partial charge is 0.374 e. The van der Waals surface area contributed by atoms with Gasteiger partial charge in [-0.05, 0) is 96.7 Å². The lowest BCUT2D eigenvalue weighted by molar-refractivity contribution is -0.128. The molecular weight excluding hydrogens is 386 g/mol. The number of carbonyl (C=O) groups is 2. The maximum absolute atomic E-state index is 12.3. The van der Waals surface area contributed by atoms with Gasteiger partial charge < -0.3 is 14.5 Å². The number of nitrogens with one attached hydrogen (secondary N) is 1. The van der Waals surface area contributed by atoms with Crippen molar-refractivity contribution in [3.05, 3.63) is 22.6 Å². The summed E-state index contributed by atoms with van der Waals surface area (Å²) in [7, 11) is 0. The van der Waals surface area contributed by atoms with E-state index in [-0.39, 0.29) is 29.7 Å². The summed E-state index contributed by atoms with van der Waals surface area (Å²) in [6.45, 7) is 1.85. The van der Waals surface area contributed by atoms with Crippen LogP contribution in [0.1, 0.15) is 56.0 Å². The highest BCUT2D eigenvalue weighted by Crippen LogP contribution is 2.61. The van der Waals surface area contributed by atoms with Gasteiger partial charge in [-0.2, -0.15) is 0 Å². The van der Waals surface area contributed by atoms with Crippen LogP contribution in [0.2, 0.25) is 0 Å². The van der Waals surface area contributed by atoms with E-state index in [1.165, 1.54) is 44.6 Å². The summed E-state index contributed by atoms with van der Waals surface area (Å²) in [5.74, 6) is 1.78. The van der Waals surface area contributed by atoms with E-state index < -0.39 is 5.97 Å². The third-order valence-electron chi connectivity index (χ3n) is 6.49. The summed E-state index contributed by atoms with van der Waals surface area (Å²) >= 11 is 3.14. The summed E-state index contributed by atoms with van der Waals surface area (Å²) in [4.78, 5) is 24.1. The molecule has 25 heavy (non-hydrogen) atoms. The van der Waals surface area contributed by atoms with Gasteiger partial charge in [-0.3, -0.25) is 4.79 Å². The molecule has 0 radical (unpaired) electrons. The molecule has 5 rings (SSSR count). The van der Waals surface area contributed by atoms with E-state index in [0.717, 1.165) is 17.8 Å². The van der Waals surface area contributed by atoms with Gasteiger partial charge in [0.25, 0.3) is 5.91 Å². The lowest BCUT2D eigenvalue weighted by Crippen LogP contribution is -2.56. The van der Waals surface area contributed by atoms with Gasteiger partial charge in [0.05, 0.1) is 0 Å². The van der Waals surface area contributed by atoms with E-state index in [2.05, 4.69) is 28.2 Å². The Morgan fingerprint density at radius 2 is 1.84 bits per heavy atom. The van der Waals surface area contributed by atoms with Gasteiger partial charge >= 0.3 is 5.97 Å². The third kappa shape index (κ3) is 3.37. The molecule has 5 nitrogen and oxygen atoms in total. The number of amides is 1. The fourth-order valence-electron chi connectivity index (χ4n) is 5.77. The zero-order valence-corrected chi connectivity index (χ0v) is 16.0. The molecule has 0 aliphatic heterocycles. The Morgan fingerprint density at radius 3 is 2.36 bits per heavy atom. The number of esters is 1. The highest BCUT2D eigenvalue weighted by atomic mass is 79.9. The number of halogens is 1. The monoisotopic (exact) mass is 409 g/mol. The van der Waals surface area contributed by atoms with Gasteiger partial charge in [0, 0.05) is 6.04 Å². The normalized spacial score (nSPS) is 33.9. The maximum Gasteiger partial charge on any atom is 0.374 e. The highest BCUT2D eigenvalue weighted by molar-refractivity contribution is 9.10. The standard InChI is InChI=1S/C19H24BrNO4/c1-11(19-7-12-4-13(8-19)6-14(5-12)9-19)21-17(22)10-24-18(23)15-2-3-16(20)25-15/h2-3,11-14H,4-10H2,1H3,(H,21,22). The van der Waals surface area contributed by atoms with Crippen LogP contribution in [-0.2, 0) is 9.53 Å². The van der Waals surface area contributed by atoms with Crippen molar-refractivity contribution in [2.45, 2.75) is 51.5 Å². The van der Waals surface area contributed by atoms with Crippen molar-refractivity contribution < 1.29 is 18.7 Å². The van der Waals surface area contributed by atoms with Crippen molar-refractivity contribution in [2.24, 2.45) is 23.2 Å². The van der Waals surface area contributed by atoms with Crippen LogP contribution in [0.15, 0.2) is 21.2 Å². The molecule has 0 saturated heterocycles. The number of carbonyl (C=O) groups excluding carboxylic acids is 2. The summed E-state index contributed by atoms with van der Waals surface area (Å²) in [5, 5.41) is 3.09. The number of ether oxygens (including phenoxy) is 1. The maximum atomic E-state index is 12.3. The Labute approximate surface area is 156 Å². The molecule has 1 heterocycles.